The summed E-state index contributed by atoms with van der Waals surface area (Å²) in [6.07, 6.45) is 11.0. The molecule has 2 aliphatic carbocycles. The highest BCUT2D eigenvalue weighted by Gasteiger charge is 2.60. The minimum Gasteiger partial charge on any atom is -0.460 e. The van der Waals surface area contributed by atoms with Crippen LogP contribution in [-0.4, -0.2) is 11.6 Å². The normalized spacial score (nSPS) is 27.6. The highest BCUT2D eigenvalue weighted by atomic mass is 16.6. The zero-order chi connectivity index (χ0) is 17.9. The lowest BCUT2D eigenvalue weighted by Crippen LogP contribution is -2.35. The topological polar surface area (TPSA) is 26.3 Å². The highest BCUT2D eigenvalue weighted by Crippen LogP contribution is 2.65. The van der Waals surface area contributed by atoms with Gasteiger partial charge in [0, 0.05) is 0 Å². The van der Waals surface area contributed by atoms with Crippen molar-refractivity contribution in [3.8, 4) is 0 Å². The molecule has 0 aliphatic heterocycles. The third-order valence-corrected chi connectivity index (χ3v) is 6.17. The molecule has 2 saturated carbocycles. The molecule has 3 atom stereocenters. The van der Waals surface area contributed by atoms with Gasteiger partial charge in [-0.1, -0.05) is 56.0 Å². The van der Waals surface area contributed by atoms with Crippen molar-refractivity contribution in [3.05, 3.63) is 35.9 Å². The second-order valence-corrected chi connectivity index (χ2v) is 9.20. The average molecular weight is 343 g/mol. The van der Waals surface area contributed by atoms with E-state index in [1.165, 1.54) is 50.5 Å². The van der Waals surface area contributed by atoms with Gasteiger partial charge in [-0.2, -0.15) is 0 Å². The minimum absolute atomic E-state index is 0.0477. The summed E-state index contributed by atoms with van der Waals surface area (Å²) in [5.74, 6) is 0.864. The molecule has 0 radical (unpaired) electrons. The Morgan fingerprint density at radius 3 is 2.60 bits per heavy atom. The summed E-state index contributed by atoms with van der Waals surface area (Å²) in [4.78, 5) is 13.1. The van der Waals surface area contributed by atoms with Gasteiger partial charge in [-0.25, -0.2) is 0 Å². The van der Waals surface area contributed by atoms with Crippen molar-refractivity contribution >= 4 is 5.97 Å². The number of aryl methyl sites for hydroxylation is 1. The molecule has 2 heteroatoms. The summed E-state index contributed by atoms with van der Waals surface area (Å²) in [7, 11) is 0. The number of ether oxygens (including phenoxy) is 1. The number of hydrogen-bond acceptors (Lipinski definition) is 2. The standard InChI is InChI=1S/C23H34O2/c1-22(2,3)25-21(24)20(15-14-18-11-7-6-8-12-18)23-16-10-5-4-9-13-19(23)17-23/h6-8,11-12,19-20H,4-5,9-10,13-17H2,1-3H3/t19-,20+,23-/m1/s1. The van der Waals surface area contributed by atoms with E-state index in [0.717, 1.165) is 18.8 Å². The van der Waals surface area contributed by atoms with Crippen LogP contribution >= 0.6 is 0 Å². The summed E-state index contributed by atoms with van der Waals surface area (Å²) in [6, 6.07) is 10.6. The van der Waals surface area contributed by atoms with E-state index in [2.05, 4.69) is 30.3 Å². The molecule has 2 fully saturated rings. The number of carbonyl (C=O) groups excluding carboxylic acids is 1. The summed E-state index contributed by atoms with van der Waals surface area (Å²) >= 11 is 0. The first-order chi connectivity index (χ1) is 11.9. The van der Waals surface area contributed by atoms with Crippen LogP contribution in [0.5, 0.6) is 0 Å². The molecule has 25 heavy (non-hydrogen) atoms. The second-order valence-electron chi connectivity index (χ2n) is 9.20. The largest absolute Gasteiger partial charge is 0.460 e. The number of hydrogen-bond donors (Lipinski definition) is 0. The predicted molar refractivity (Wildman–Crippen MR) is 102 cm³/mol. The van der Waals surface area contributed by atoms with Gasteiger partial charge < -0.3 is 4.74 Å². The minimum atomic E-state index is -0.398. The molecular weight excluding hydrogens is 308 g/mol. The maximum atomic E-state index is 13.1. The van der Waals surface area contributed by atoms with Crippen molar-refractivity contribution in [3.63, 3.8) is 0 Å². The number of rotatable bonds is 5. The Morgan fingerprint density at radius 2 is 1.88 bits per heavy atom. The average Bonchev–Trinajstić information content (AvgIpc) is 3.19. The van der Waals surface area contributed by atoms with Gasteiger partial charge in [0.1, 0.15) is 5.60 Å². The smallest absolute Gasteiger partial charge is 0.310 e. The lowest BCUT2D eigenvalue weighted by molar-refractivity contribution is -0.163. The summed E-state index contributed by atoms with van der Waals surface area (Å²) in [5.41, 5.74) is 1.16. The Labute approximate surface area is 153 Å². The van der Waals surface area contributed by atoms with Crippen LogP contribution < -0.4 is 0 Å². The van der Waals surface area contributed by atoms with E-state index >= 15 is 0 Å². The fourth-order valence-electron chi connectivity index (χ4n) is 4.86. The van der Waals surface area contributed by atoms with Crippen molar-refractivity contribution < 1.29 is 9.53 Å². The van der Waals surface area contributed by atoms with E-state index in [-0.39, 0.29) is 17.3 Å². The van der Waals surface area contributed by atoms with E-state index < -0.39 is 5.60 Å². The van der Waals surface area contributed by atoms with Crippen molar-refractivity contribution in [2.24, 2.45) is 17.3 Å². The zero-order valence-electron chi connectivity index (χ0n) is 16.2. The van der Waals surface area contributed by atoms with Gasteiger partial charge in [0.05, 0.1) is 5.92 Å². The second kappa shape index (κ2) is 7.51. The Bertz CT molecular complexity index is 572. The van der Waals surface area contributed by atoms with Crippen LogP contribution in [0.15, 0.2) is 30.3 Å². The van der Waals surface area contributed by atoms with E-state index in [0.29, 0.717) is 0 Å². The van der Waals surface area contributed by atoms with Gasteiger partial charge >= 0.3 is 5.97 Å². The number of fused-ring (bicyclic) bond motifs is 1. The van der Waals surface area contributed by atoms with E-state index in [9.17, 15) is 4.79 Å². The lowest BCUT2D eigenvalue weighted by Gasteiger charge is -2.31. The quantitative estimate of drug-likeness (QED) is 0.619. The molecule has 0 amide bonds. The van der Waals surface area contributed by atoms with Crippen LogP contribution in [-0.2, 0) is 16.0 Å². The van der Waals surface area contributed by atoms with Gasteiger partial charge in [-0.3, -0.25) is 4.79 Å². The van der Waals surface area contributed by atoms with Crippen LogP contribution in [0.1, 0.15) is 77.7 Å². The molecule has 0 unspecified atom stereocenters. The Kier molecular flexibility index (Phi) is 5.55. The number of benzene rings is 1. The van der Waals surface area contributed by atoms with Gasteiger partial charge in [0.2, 0.25) is 0 Å². The first-order valence-corrected chi connectivity index (χ1v) is 10.2. The molecule has 138 valence electrons. The maximum absolute atomic E-state index is 13.1. The molecule has 3 rings (SSSR count). The molecule has 0 bridgehead atoms. The van der Waals surface area contributed by atoms with E-state index in [1.54, 1.807) is 0 Å². The molecule has 0 spiro atoms. The SMILES string of the molecule is CC(C)(C)OC(=O)[C@H](CCc1ccccc1)[C@@]12CCCCCC[C@@H]1C2. The fourth-order valence-corrected chi connectivity index (χ4v) is 4.86. The lowest BCUT2D eigenvalue weighted by atomic mass is 9.77. The van der Waals surface area contributed by atoms with Crippen LogP contribution in [0.4, 0.5) is 0 Å². The maximum Gasteiger partial charge on any atom is 0.310 e. The molecule has 2 nitrogen and oxygen atoms in total. The summed E-state index contributed by atoms with van der Waals surface area (Å²) in [6.45, 7) is 5.96. The van der Waals surface area contributed by atoms with Crippen molar-refractivity contribution in [1.29, 1.82) is 0 Å². The van der Waals surface area contributed by atoms with Gasteiger partial charge in [-0.15, -0.1) is 0 Å². The Hall–Kier alpha value is -1.31. The highest BCUT2D eigenvalue weighted by molar-refractivity contribution is 5.74. The predicted octanol–water partition coefficient (Wildman–Crippen LogP) is 5.94. The van der Waals surface area contributed by atoms with Crippen LogP contribution in [0, 0.1) is 17.3 Å². The third kappa shape index (κ3) is 4.65. The zero-order valence-corrected chi connectivity index (χ0v) is 16.2. The summed E-state index contributed by atoms with van der Waals surface area (Å²) in [5, 5.41) is 0. The van der Waals surface area contributed by atoms with Gasteiger partial charge in [-0.05, 0) is 69.8 Å². The van der Waals surface area contributed by atoms with Gasteiger partial charge in [0.15, 0.2) is 0 Å². The van der Waals surface area contributed by atoms with Crippen LogP contribution in [0.25, 0.3) is 0 Å². The molecule has 0 aromatic heterocycles. The van der Waals surface area contributed by atoms with Crippen LogP contribution in [0.3, 0.4) is 0 Å². The van der Waals surface area contributed by atoms with E-state index in [4.69, 9.17) is 4.74 Å². The van der Waals surface area contributed by atoms with Crippen molar-refractivity contribution in [2.45, 2.75) is 84.2 Å². The first kappa shape index (κ1) is 18.5. The first-order valence-electron chi connectivity index (χ1n) is 10.2. The summed E-state index contributed by atoms with van der Waals surface area (Å²) < 4.78 is 5.87. The molecule has 1 aromatic carbocycles. The Balaban J connectivity index is 1.75. The number of esters is 1. The third-order valence-electron chi connectivity index (χ3n) is 6.17. The van der Waals surface area contributed by atoms with Crippen LogP contribution in [0.2, 0.25) is 0 Å². The monoisotopic (exact) mass is 342 g/mol. The molecule has 0 saturated heterocycles. The number of carbonyl (C=O) groups is 1. The molecule has 0 N–H and O–H groups in total. The van der Waals surface area contributed by atoms with Crippen molar-refractivity contribution in [2.75, 3.05) is 0 Å². The molecule has 2 aliphatic rings. The fraction of sp³-hybridized carbons (Fsp3) is 0.696. The van der Waals surface area contributed by atoms with E-state index in [1.807, 2.05) is 20.8 Å². The van der Waals surface area contributed by atoms with Gasteiger partial charge in [0.25, 0.3) is 0 Å². The molecule has 0 heterocycles. The Morgan fingerprint density at radius 1 is 1.16 bits per heavy atom. The van der Waals surface area contributed by atoms with Crippen molar-refractivity contribution in [1.82, 2.24) is 0 Å². The molecule has 1 aromatic rings. The molecular formula is C23H34O2.